The van der Waals surface area contributed by atoms with E-state index in [-0.39, 0.29) is 0 Å². The van der Waals surface area contributed by atoms with Gasteiger partial charge in [-0.05, 0) is 30.7 Å². The lowest BCUT2D eigenvalue weighted by Gasteiger charge is -2.25. The van der Waals surface area contributed by atoms with Gasteiger partial charge in [0.1, 0.15) is 6.07 Å². The minimum Gasteiger partial charge on any atom is -0.370 e. The third-order valence-electron chi connectivity index (χ3n) is 3.94. The maximum Gasteiger partial charge on any atom is 0.101 e. The summed E-state index contributed by atoms with van der Waals surface area (Å²) in [6.45, 7) is 10.5. The molecule has 0 radical (unpaired) electrons. The molecule has 0 saturated carbocycles. The lowest BCUT2D eigenvalue weighted by atomic mass is 10.1. The second-order valence-corrected chi connectivity index (χ2v) is 7.89. The summed E-state index contributed by atoms with van der Waals surface area (Å²) in [5.74, 6) is 1.12. The molecule has 114 valence electrons. The Morgan fingerprint density at radius 1 is 1.38 bits per heavy atom. The Balaban J connectivity index is 2.17. The van der Waals surface area contributed by atoms with Crippen LogP contribution >= 0.6 is 11.8 Å². The summed E-state index contributed by atoms with van der Waals surface area (Å²) < 4.78 is 0.340. The summed E-state index contributed by atoms with van der Waals surface area (Å²) in [7, 11) is 0. The van der Waals surface area contributed by atoms with Gasteiger partial charge < -0.3 is 10.2 Å². The van der Waals surface area contributed by atoms with E-state index < -0.39 is 0 Å². The predicted molar refractivity (Wildman–Crippen MR) is 91.9 cm³/mol. The zero-order valence-corrected chi connectivity index (χ0v) is 14.1. The van der Waals surface area contributed by atoms with Gasteiger partial charge in [0.15, 0.2) is 0 Å². The Bertz CT molecular complexity index is 519. The molecule has 1 saturated heterocycles. The Kier molecular flexibility index (Phi) is 5.55. The van der Waals surface area contributed by atoms with Crippen molar-refractivity contribution in [3.05, 3.63) is 29.3 Å². The minimum atomic E-state index is 0.340. The first-order chi connectivity index (χ1) is 10.1. The molecule has 1 aromatic rings. The van der Waals surface area contributed by atoms with Crippen LogP contribution in [0.4, 0.5) is 5.69 Å². The van der Waals surface area contributed by atoms with E-state index in [9.17, 15) is 5.26 Å². The normalized spacial score (nSPS) is 18.1. The highest BCUT2D eigenvalue weighted by atomic mass is 32.2. The van der Waals surface area contributed by atoms with E-state index in [0.29, 0.717) is 4.75 Å². The number of hydrogen-bond donors (Lipinski definition) is 1. The highest BCUT2D eigenvalue weighted by Gasteiger charge is 2.24. The Morgan fingerprint density at radius 2 is 2.19 bits per heavy atom. The Labute approximate surface area is 132 Å². The van der Waals surface area contributed by atoms with Crippen LogP contribution in [0.5, 0.6) is 0 Å². The molecule has 0 unspecified atom stereocenters. The molecular weight excluding hydrogens is 278 g/mol. The van der Waals surface area contributed by atoms with Crippen LogP contribution in [0.1, 0.15) is 38.3 Å². The van der Waals surface area contributed by atoms with E-state index in [2.05, 4.69) is 49.2 Å². The summed E-state index contributed by atoms with van der Waals surface area (Å²) in [6, 6.07) is 8.66. The van der Waals surface area contributed by atoms with Crippen molar-refractivity contribution in [1.29, 1.82) is 5.26 Å². The fraction of sp³-hybridized carbons (Fsp3) is 0.588. The van der Waals surface area contributed by atoms with E-state index in [1.165, 1.54) is 5.56 Å². The molecule has 1 N–H and O–H groups in total. The molecule has 0 bridgehead atoms. The molecule has 1 fully saturated rings. The summed E-state index contributed by atoms with van der Waals surface area (Å²) >= 11 is 2.03. The summed E-state index contributed by atoms with van der Waals surface area (Å²) in [5, 5.41) is 12.8. The summed E-state index contributed by atoms with van der Waals surface area (Å²) in [4.78, 5) is 2.37. The van der Waals surface area contributed by atoms with Gasteiger partial charge in [-0.2, -0.15) is 17.0 Å². The number of nitrogens with one attached hydrogen (secondary N) is 1. The molecule has 2 rings (SSSR count). The Morgan fingerprint density at radius 3 is 2.90 bits per heavy atom. The smallest absolute Gasteiger partial charge is 0.101 e. The first-order valence-corrected chi connectivity index (χ1v) is 8.67. The topological polar surface area (TPSA) is 39.1 Å². The number of hydrogen-bond acceptors (Lipinski definition) is 4. The van der Waals surface area contributed by atoms with Crippen molar-refractivity contribution >= 4 is 17.4 Å². The van der Waals surface area contributed by atoms with Crippen LogP contribution in [-0.2, 0) is 6.54 Å². The van der Waals surface area contributed by atoms with E-state index in [4.69, 9.17) is 0 Å². The van der Waals surface area contributed by atoms with Crippen molar-refractivity contribution < 1.29 is 0 Å². The van der Waals surface area contributed by atoms with Gasteiger partial charge in [-0.25, -0.2) is 0 Å². The number of anilines is 1. The molecule has 4 heteroatoms. The molecule has 1 heterocycles. The van der Waals surface area contributed by atoms with Crippen LogP contribution < -0.4 is 10.2 Å². The lowest BCUT2D eigenvalue weighted by Crippen LogP contribution is -2.27. The Hall–Kier alpha value is -1.18. The molecule has 1 aliphatic heterocycles. The van der Waals surface area contributed by atoms with Gasteiger partial charge in [0.25, 0.3) is 0 Å². The lowest BCUT2D eigenvalue weighted by molar-refractivity contribution is 0.637. The first kappa shape index (κ1) is 16.2. The van der Waals surface area contributed by atoms with Crippen molar-refractivity contribution in [3.63, 3.8) is 0 Å². The van der Waals surface area contributed by atoms with Crippen LogP contribution in [0.3, 0.4) is 0 Å². The average molecular weight is 303 g/mol. The van der Waals surface area contributed by atoms with E-state index in [0.717, 1.165) is 49.6 Å². The highest BCUT2D eigenvalue weighted by Crippen LogP contribution is 2.33. The van der Waals surface area contributed by atoms with Crippen molar-refractivity contribution in [2.24, 2.45) is 0 Å². The SMILES string of the molecule is CCNCc1ccc(N2CCSC(C)(C)CC2)c(C#N)c1. The second kappa shape index (κ2) is 7.20. The first-order valence-electron chi connectivity index (χ1n) is 7.68. The van der Waals surface area contributed by atoms with Gasteiger partial charge in [0, 0.05) is 30.1 Å². The van der Waals surface area contributed by atoms with Crippen LogP contribution in [0.25, 0.3) is 0 Å². The fourth-order valence-electron chi connectivity index (χ4n) is 2.59. The highest BCUT2D eigenvalue weighted by molar-refractivity contribution is 8.00. The quantitative estimate of drug-likeness (QED) is 0.925. The summed E-state index contributed by atoms with van der Waals surface area (Å²) in [5.41, 5.74) is 3.08. The van der Waals surface area contributed by atoms with Crippen molar-refractivity contribution in [2.75, 3.05) is 30.3 Å². The third-order valence-corrected chi connectivity index (χ3v) is 5.31. The van der Waals surface area contributed by atoms with Crippen LogP contribution in [-0.4, -0.2) is 30.1 Å². The van der Waals surface area contributed by atoms with Gasteiger partial charge >= 0.3 is 0 Å². The van der Waals surface area contributed by atoms with Crippen molar-refractivity contribution in [3.8, 4) is 6.07 Å². The average Bonchev–Trinajstić information content (AvgIpc) is 2.65. The molecule has 21 heavy (non-hydrogen) atoms. The van der Waals surface area contributed by atoms with E-state index in [1.54, 1.807) is 0 Å². The largest absolute Gasteiger partial charge is 0.370 e. The molecule has 0 atom stereocenters. The zero-order valence-electron chi connectivity index (χ0n) is 13.3. The van der Waals surface area contributed by atoms with Crippen LogP contribution in [0, 0.1) is 11.3 Å². The number of thioether (sulfide) groups is 1. The van der Waals surface area contributed by atoms with Gasteiger partial charge in [-0.15, -0.1) is 0 Å². The number of nitrogens with zero attached hydrogens (tertiary/aromatic N) is 2. The van der Waals surface area contributed by atoms with Gasteiger partial charge in [0.2, 0.25) is 0 Å². The van der Waals surface area contributed by atoms with Crippen molar-refractivity contribution in [1.82, 2.24) is 5.32 Å². The van der Waals surface area contributed by atoms with Crippen LogP contribution in [0.15, 0.2) is 18.2 Å². The van der Waals surface area contributed by atoms with E-state index >= 15 is 0 Å². The molecule has 0 aliphatic carbocycles. The monoisotopic (exact) mass is 303 g/mol. The molecule has 0 spiro atoms. The van der Waals surface area contributed by atoms with Crippen molar-refractivity contribution in [2.45, 2.75) is 38.5 Å². The maximum atomic E-state index is 9.47. The second-order valence-electron chi connectivity index (χ2n) is 6.09. The number of nitriles is 1. The molecule has 1 aliphatic rings. The molecule has 3 nitrogen and oxygen atoms in total. The molecule has 1 aromatic carbocycles. The minimum absolute atomic E-state index is 0.340. The third kappa shape index (κ3) is 4.39. The van der Waals surface area contributed by atoms with Crippen LogP contribution in [0.2, 0.25) is 0 Å². The molecule has 0 amide bonds. The van der Waals surface area contributed by atoms with Gasteiger partial charge in [0.05, 0.1) is 11.3 Å². The molecular formula is C17H25N3S. The van der Waals surface area contributed by atoms with Gasteiger partial charge in [-0.1, -0.05) is 26.8 Å². The number of benzene rings is 1. The predicted octanol–water partition coefficient (Wildman–Crippen LogP) is 3.39. The maximum absolute atomic E-state index is 9.47. The zero-order chi connectivity index (χ0) is 15.3. The summed E-state index contributed by atoms with van der Waals surface area (Å²) in [6.07, 6.45) is 1.15. The standard InChI is InChI=1S/C17H25N3S/c1-4-19-13-14-5-6-16(15(11-14)12-18)20-8-7-17(2,3)21-10-9-20/h5-6,11,19H,4,7-10,13H2,1-3H3. The fourth-order valence-corrected chi connectivity index (χ4v) is 3.69. The number of rotatable bonds is 4. The van der Waals surface area contributed by atoms with E-state index in [1.807, 2.05) is 17.8 Å². The van der Waals surface area contributed by atoms with Gasteiger partial charge in [-0.3, -0.25) is 0 Å². The molecule has 0 aromatic heterocycles.